The molecule has 0 heterocycles. The van der Waals surface area contributed by atoms with E-state index in [4.69, 9.17) is 5.73 Å². The first-order valence-electron chi connectivity index (χ1n) is 3.37. The molecule has 3 N–H and O–H groups in total. The lowest BCUT2D eigenvalue weighted by molar-refractivity contribution is -0.355. The molecule has 0 aliphatic carbocycles. The highest BCUT2D eigenvalue weighted by molar-refractivity contribution is 7.81. The van der Waals surface area contributed by atoms with Gasteiger partial charge in [0, 0.05) is 0 Å². The van der Waals surface area contributed by atoms with Crippen LogP contribution in [0.5, 0.6) is 0 Å². The minimum Gasteiger partial charge on any atom is -0.290 e. The highest BCUT2D eigenvalue weighted by Crippen LogP contribution is 1.94. The molecule has 0 saturated carbocycles. The minimum absolute atomic E-state index is 0.550. The molecule has 0 fully saturated rings. The molecule has 0 aliphatic rings. The molecule has 0 bridgehead atoms. The Morgan fingerprint density at radius 3 is 2.55 bits per heavy atom. The molecule has 0 atom stereocenters. The lowest BCUT2D eigenvalue weighted by Crippen LogP contribution is -2.69. The molecule has 1 aromatic carbocycles. The van der Waals surface area contributed by atoms with Crippen molar-refractivity contribution in [3.05, 3.63) is 30.3 Å². The van der Waals surface area contributed by atoms with E-state index in [0.717, 1.165) is 5.69 Å². The predicted octanol–water partition coefficient (Wildman–Crippen LogP) is -0.314. The van der Waals surface area contributed by atoms with E-state index in [0.29, 0.717) is 11.6 Å². The van der Waals surface area contributed by atoms with Crippen molar-refractivity contribution < 1.29 is 4.99 Å². The number of thiol groups is 1. The Morgan fingerprint density at radius 2 is 2.00 bits per heavy atom. The van der Waals surface area contributed by atoms with Crippen LogP contribution in [0, 0.1) is 0 Å². The Hall–Kier alpha value is -0.960. The molecule has 0 spiro atoms. The number of nitrogens with two attached hydrogens (primary N) is 1. The zero-order chi connectivity index (χ0) is 8.10. The third-order valence-corrected chi connectivity index (χ3v) is 1.59. The van der Waals surface area contributed by atoms with E-state index in [1.165, 1.54) is 0 Å². The summed E-state index contributed by atoms with van der Waals surface area (Å²) in [5, 5.41) is 0. The maximum absolute atomic E-state index is 5.53. The number of hydrogen-bond acceptors (Lipinski definition) is 1. The molecule has 0 saturated heterocycles. The van der Waals surface area contributed by atoms with Gasteiger partial charge in [0.05, 0.1) is 5.75 Å². The number of amidine groups is 1. The number of hydrogen-bond donors (Lipinski definition) is 3. The van der Waals surface area contributed by atoms with Gasteiger partial charge in [0.1, 0.15) is 5.69 Å². The molecule has 3 heteroatoms. The van der Waals surface area contributed by atoms with Crippen LogP contribution < -0.4 is 10.7 Å². The van der Waals surface area contributed by atoms with E-state index in [9.17, 15) is 0 Å². The van der Waals surface area contributed by atoms with Gasteiger partial charge in [0.2, 0.25) is 0 Å². The summed E-state index contributed by atoms with van der Waals surface area (Å²) >= 11 is 4.02. The summed E-state index contributed by atoms with van der Waals surface area (Å²) in [6.07, 6.45) is 0. The third kappa shape index (κ3) is 2.63. The van der Waals surface area contributed by atoms with Crippen LogP contribution in [-0.2, 0) is 0 Å². The van der Waals surface area contributed by atoms with Crippen LogP contribution in [0.1, 0.15) is 0 Å². The maximum Gasteiger partial charge on any atom is 0.255 e. The van der Waals surface area contributed by atoms with Gasteiger partial charge in [-0.25, -0.2) is 4.99 Å². The van der Waals surface area contributed by atoms with E-state index >= 15 is 0 Å². The van der Waals surface area contributed by atoms with Gasteiger partial charge in [-0.1, -0.05) is 18.2 Å². The monoisotopic (exact) mass is 167 g/mol. The van der Waals surface area contributed by atoms with Gasteiger partial charge in [0.25, 0.3) is 5.84 Å². The van der Waals surface area contributed by atoms with Crippen LogP contribution in [0.3, 0.4) is 0 Å². The second-order valence-corrected chi connectivity index (χ2v) is 2.49. The number of benzene rings is 1. The zero-order valence-electron chi connectivity index (χ0n) is 6.12. The topological polar surface area (TPSA) is 40.0 Å². The van der Waals surface area contributed by atoms with E-state index in [-0.39, 0.29) is 0 Å². The fraction of sp³-hybridized carbons (Fsp3) is 0.125. The molecular formula is C8H11N2S+. The van der Waals surface area contributed by atoms with Crippen LogP contribution in [0.4, 0.5) is 5.69 Å². The Morgan fingerprint density at radius 1 is 1.36 bits per heavy atom. The molecule has 1 aromatic rings. The molecule has 1 rings (SSSR count). The molecule has 2 nitrogen and oxygen atoms in total. The number of nitrogens with one attached hydrogen (secondary N) is 1. The van der Waals surface area contributed by atoms with Crippen molar-refractivity contribution in [2.24, 2.45) is 5.73 Å². The van der Waals surface area contributed by atoms with Crippen molar-refractivity contribution >= 4 is 24.2 Å². The van der Waals surface area contributed by atoms with Gasteiger partial charge in [-0.3, -0.25) is 5.73 Å². The highest BCUT2D eigenvalue weighted by Gasteiger charge is 1.93. The summed E-state index contributed by atoms with van der Waals surface area (Å²) < 4.78 is 0. The third-order valence-electron chi connectivity index (χ3n) is 1.25. The first-order valence-corrected chi connectivity index (χ1v) is 4.00. The molecular weight excluding hydrogens is 156 g/mol. The lowest BCUT2D eigenvalue weighted by Gasteiger charge is -1.89. The van der Waals surface area contributed by atoms with Crippen molar-refractivity contribution in [1.29, 1.82) is 0 Å². The summed E-state index contributed by atoms with van der Waals surface area (Å²) in [6.45, 7) is 0. The number of rotatable bonds is 2. The Kier molecular flexibility index (Phi) is 2.98. The molecule has 11 heavy (non-hydrogen) atoms. The Labute approximate surface area is 71.6 Å². The first-order chi connectivity index (χ1) is 5.33. The summed E-state index contributed by atoms with van der Waals surface area (Å²) in [4.78, 5) is 3.01. The summed E-state index contributed by atoms with van der Waals surface area (Å²) in [5.41, 5.74) is 6.53. The fourth-order valence-electron chi connectivity index (χ4n) is 0.746. The van der Waals surface area contributed by atoms with Crippen LogP contribution in [-0.4, -0.2) is 11.6 Å². The zero-order valence-corrected chi connectivity index (χ0v) is 7.01. The lowest BCUT2D eigenvalue weighted by atomic mass is 10.3. The van der Waals surface area contributed by atoms with Crippen LogP contribution >= 0.6 is 12.6 Å². The van der Waals surface area contributed by atoms with E-state index < -0.39 is 0 Å². The van der Waals surface area contributed by atoms with E-state index in [1.807, 2.05) is 30.3 Å². The summed E-state index contributed by atoms with van der Waals surface area (Å²) in [5.74, 6) is 1.22. The quantitative estimate of drug-likeness (QED) is 0.315. The van der Waals surface area contributed by atoms with Crippen LogP contribution in [0.2, 0.25) is 0 Å². The van der Waals surface area contributed by atoms with E-state index in [1.54, 1.807) is 0 Å². The summed E-state index contributed by atoms with van der Waals surface area (Å²) in [7, 11) is 0. The Bertz CT molecular complexity index is 244. The van der Waals surface area contributed by atoms with E-state index in [2.05, 4.69) is 17.6 Å². The minimum atomic E-state index is 0.550. The number of para-hydroxylation sites is 1. The smallest absolute Gasteiger partial charge is 0.255 e. The summed E-state index contributed by atoms with van der Waals surface area (Å²) in [6, 6.07) is 9.77. The van der Waals surface area contributed by atoms with Crippen molar-refractivity contribution in [3.63, 3.8) is 0 Å². The molecule has 0 aromatic heterocycles. The molecule has 0 unspecified atom stereocenters. The standard InChI is InChI=1S/C8H10N2S/c9-8(6-11)10-7-4-2-1-3-5-7/h1-5,11H,6H2,(H2,9,10)/p+1. The molecule has 0 radical (unpaired) electrons. The predicted molar refractivity (Wildman–Crippen MR) is 50.1 cm³/mol. The molecule has 58 valence electrons. The van der Waals surface area contributed by atoms with Crippen molar-refractivity contribution in [1.82, 2.24) is 0 Å². The van der Waals surface area contributed by atoms with Crippen LogP contribution in [0.15, 0.2) is 30.3 Å². The van der Waals surface area contributed by atoms with Gasteiger partial charge >= 0.3 is 0 Å². The average molecular weight is 167 g/mol. The normalized spacial score (nSPS) is 11.5. The Balaban J connectivity index is 2.79. The second kappa shape index (κ2) is 4.03. The highest BCUT2D eigenvalue weighted by atomic mass is 32.1. The average Bonchev–Trinajstić information content (AvgIpc) is 2.06. The van der Waals surface area contributed by atoms with Crippen LogP contribution in [0.25, 0.3) is 0 Å². The second-order valence-electron chi connectivity index (χ2n) is 2.17. The maximum atomic E-state index is 5.53. The van der Waals surface area contributed by atoms with Gasteiger partial charge in [-0.15, -0.1) is 0 Å². The SMILES string of the molecule is NC(CS)=[NH+]c1ccccc1. The molecule has 0 aliphatic heterocycles. The first kappa shape index (κ1) is 8.14. The van der Waals surface area contributed by atoms with Crippen molar-refractivity contribution in [2.45, 2.75) is 0 Å². The van der Waals surface area contributed by atoms with Gasteiger partial charge in [-0.2, -0.15) is 12.6 Å². The molecule has 0 amide bonds. The fourth-order valence-corrected chi connectivity index (χ4v) is 0.825. The van der Waals surface area contributed by atoms with Gasteiger partial charge < -0.3 is 0 Å². The van der Waals surface area contributed by atoms with Gasteiger partial charge in [-0.05, 0) is 12.1 Å². The van der Waals surface area contributed by atoms with Crippen molar-refractivity contribution in [3.8, 4) is 0 Å². The largest absolute Gasteiger partial charge is 0.290 e. The van der Waals surface area contributed by atoms with Gasteiger partial charge in [0.15, 0.2) is 0 Å². The van der Waals surface area contributed by atoms with Crippen molar-refractivity contribution in [2.75, 3.05) is 5.75 Å².